The lowest BCUT2D eigenvalue weighted by molar-refractivity contribution is 1.18. The van der Waals surface area contributed by atoms with E-state index in [0.29, 0.717) is 5.82 Å². The smallest absolute Gasteiger partial charge is 0.160 e. The van der Waals surface area contributed by atoms with Crippen LogP contribution in [0.4, 0.5) is 0 Å². The van der Waals surface area contributed by atoms with Gasteiger partial charge < -0.3 is 4.57 Å². The van der Waals surface area contributed by atoms with Gasteiger partial charge in [0.25, 0.3) is 0 Å². The third kappa shape index (κ3) is 5.50. The largest absolute Gasteiger partial charge is 0.309 e. The number of fused-ring (bicyclic) bond motifs is 6. The summed E-state index contributed by atoms with van der Waals surface area (Å²) in [4.78, 5) is 10.1. The van der Waals surface area contributed by atoms with Gasteiger partial charge >= 0.3 is 0 Å². The monoisotopic (exact) mass is 731 g/mol. The Bertz CT molecular complexity index is 3160. The van der Waals surface area contributed by atoms with E-state index in [-0.39, 0.29) is 0 Å². The van der Waals surface area contributed by atoms with Crippen LogP contribution in [0.25, 0.3) is 104 Å². The van der Waals surface area contributed by atoms with E-state index >= 15 is 0 Å². The summed E-state index contributed by atoms with van der Waals surface area (Å²) in [5.74, 6) is 0.708. The van der Waals surface area contributed by atoms with Gasteiger partial charge in [-0.1, -0.05) is 164 Å². The van der Waals surface area contributed by atoms with Crippen LogP contribution in [0.3, 0.4) is 0 Å². The van der Waals surface area contributed by atoms with E-state index in [9.17, 15) is 0 Å². The molecule has 0 radical (unpaired) electrons. The Morgan fingerprint density at radius 1 is 0.357 bits per heavy atom. The Balaban J connectivity index is 0.978. The molecule has 0 fully saturated rings. The van der Waals surface area contributed by atoms with Crippen molar-refractivity contribution in [2.24, 2.45) is 0 Å². The number of aromatic nitrogens is 3. The molecule has 0 N–H and O–H groups in total. The Morgan fingerprint density at radius 2 is 0.929 bits per heavy atom. The molecule has 3 aromatic heterocycles. The van der Waals surface area contributed by atoms with Gasteiger partial charge in [-0.2, -0.15) is 0 Å². The second-order valence-corrected chi connectivity index (χ2v) is 15.2. The minimum absolute atomic E-state index is 0.708. The van der Waals surface area contributed by atoms with Crippen molar-refractivity contribution in [1.29, 1.82) is 0 Å². The molecule has 11 aromatic rings. The summed E-state index contributed by atoms with van der Waals surface area (Å²) in [5, 5.41) is 5.12. The number of hydrogen-bond donors (Lipinski definition) is 0. The summed E-state index contributed by atoms with van der Waals surface area (Å²) in [5.41, 5.74) is 13.2. The maximum Gasteiger partial charge on any atom is 0.160 e. The van der Waals surface area contributed by atoms with Crippen LogP contribution >= 0.6 is 11.3 Å². The highest BCUT2D eigenvalue weighted by Gasteiger charge is 2.16. The average molecular weight is 732 g/mol. The van der Waals surface area contributed by atoms with E-state index < -0.39 is 0 Å². The average Bonchev–Trinajstić information content (AvgIpc) is 3.83. The first kappa shape index (κ1) is 32.3. The summed E-state index contributed by atoms with van der Waals surface area (Å²) in [6.45, 7) is 0. The number of hydrogen-bond acceptors (Lipinski definition) is 3. The molecule has 3 nitrogen and oxygen atoms in total. The summed E-state index contributed by atoms with van der Waals surface area (Å²) in [6, 6.07) is 71.4. The van der Waals surface area contributed by atoms with Crippen molar-refractivity contribution < 1.29 is 0 Å². The van der Waals surface area contributed by atoms with Crippen LogP contribution in [0.1, 0.15) is 0 Å². The van der Waals surface area contributed by atoms with E-state index in [1.54, 1.807) is 0 Å². The van der Waals surface area contributed by atoms with Crippen LogP contribution < -0.4 is 0 Å². The summed E-state index contributed by atoms with van der Waals surface area (Å²) >= 11 is 1.87. The van der Waals surface area contributed by atoms with Crippen LogP contribution in [0, 0.1) is 0 Å². The van der Waals surface area contributed by atoms with Crippen molar-refractivity contribution in [2.75, 3.05) is 0 Å². The molecule has 0 aliphatic carbocycles. The summed E-state index contributed by atoms with van der Waals surface area (Å²) in [7, 11) is 0. The van der Waals surface area contributed by atoms with Crippen molar-refractivity contribution in [3.63, 3.8) is 0 Å². The first-order valence-corrected chi connectivity index (χ1v) is 19.7. The Labute approximate surface area is 328 Å². The van der Waals surface area contributed by atoms with Gasteiger partial charge in [0.1, 0.15) is 0 Å². The van der Waals surface area contributed by atoms with Crippen LogP contribution in [0.15, 0.2) is 200 Å². The zero-order valence-corrected chi connectivity index (χ0v) is 31.1. The molecular formula is C52H33N3S. The highest BCUT2D eigenvalue weighted by molar-refractivity contribution is 7.26. The van der Waals surface area contributed by atoms with Crippen LogP contribution in [-0.4, -0.2) is 14.5 Å². The Hall–Kier alpha value is -7.14. The Kier molecular flexibility index (Phi) is 7.68. The molecule has 0 amide bonds. The second kappa shape index (κ2) is 13.3. The van der Waals surface area contributed by atoms with E-state index in [1.807, 2.05) is 47.7 Å². The quantitative estimate of drug-likeness (QED) is 0.170. The van der Waals surface area contributed by atoms with Crippen molar-refractivity contribution in [2.45, 2.75) is 0 Å². The highest BCUT2D eigenvalue weighted by atomic mass is 32.1. The zero-order valence-electron chi connectivity index (χ0n) is 30.3. The Morgan fingerprint density at radius 3 is 1.66 bits per heavy atom. The van der Waals surface area contributed by atoms with Gasteiger partial charge in [0, 0.05) is 53.3 Å². The first-order chi connectivity index (χ1) is 27.7. The van der Waals surface area contributed by atoms with Gasteiger partial charge in [-0.05, 0) is 58.7 Å². The van der Waals surface area contributed by atoms with Gasteiger partial charge in [0.15, 0.2) is 5.82 Å². The van der Waals surface area contributed by atoms with Gasteiger partial charge in [0.05, 0.1) is 22.4 Å². The van der Waals surface area contributed by atoms with Gasteiger partial charge in [-0.15, -0.1) is 11.3 Å². The highest BCUT2D eigenvalue weighted by Crippen LogP contribution is 2.41. The number of benzene rings is 8. The maximum atomic E-state index is 5.05. The molecule has 56 heavy (non-hydrogen) atoms. The SMILES string of the molecule is c1ccc(-c2cc(-c3ccccc3)nc(-c3ccc(-c4ccc5c6ccccc6n(-c6ccc(-c7cccc8c7sc7ccccc78)cc6)c5c4)cc3)n2)cc1. The lowest BCUT2D eigenvalue weighted by Gasteiger charge is -2.11. The minimum Gasteiger partial charge on any atom is -0.309 e. The minimum atomic E-state index is 0.708. The predicted octanol–water partition coefficient (Wildman–Crippen LogP) is 14.3. The first-order valence-electron chi connectivity index (χ1n) is 18.9. The molecule has 0 atom stereocenters. The third-order valence-corrected chi connectivity index (χ3v) is 12.1. The summed E-state index contributed by atoms with van der Waals surface area (Å²) < 4.78 is 5.06. The van der Waals surface area contributed by atoms with Crippen molar-refractivity contribution in [3.8, 4) is 61.8 Å². The molecule has 0 spiro atoms. The number of nitrogens with zero attached hydrogens (tertiary/aromatic N) is 3. The van der Waals surface area contributed by atoms with Crippen molar-refractivity contribution >= 4 is 53.3 Å². The fraction of sp³-hybridized carbons (Fsp3) is 0. The fourth-order valence-electron chi connectivity index (χ4n) is 8.09. The zero-order chi connectivity index (χ0) is 37.0. The maximum absolute atomic E-state index is 5.05. The lowest BCUT2D eigenvalue weighted by atomic mass is 10.0. The molecule has 0 aliphatic heterocycles. The van der Waals surface area contributed by atoms with E-state index in [1.165, 1.54) is 53.1 Å². The molecule has 8 aromatic carbocycles. The third-order valence-electron chi connectivity index (χ3n) is 10.9. The molecule has 0 aliphatic rings. The molecule has 0 saturated carbocycles. The van der Waals surface area contributed by atoms with Crippen LogP contribution in [0.2, 0.25) is 0 Å². The predicted molar refractivity (Wildman–Crippen MR) is 236 cm³/mol. The lowest BCUT2D eigenvalue weighted by Crippen LogP contribution is -1.96. The van der Waals surface area contributed by atoms with Gasteiger partial charge in [0.2, 0.25) is 0 Å². The number of rotatable bonds is 6. The topological polar surface area (TPSA) is 30.7 Å². The van der Waals surface area contributed by atoms with Gasteiger partial charge in [-0.3, -0.25) is 0 Å². The van der Waals surface area contributed by atoms with E-state index in [4.69, 9.17) is 9.97 Å². The molecule has 11 rings (SSSR count). The number of para-hydroxylation sites is 1. The van der Waals surface area contributed by atoms with Crippen molar-refractivity contribution in [3.05, 3.63) is 200 Å². The van der Waals surface area contributed by atoms with E-state index in [0.717, 1.165) is 44.9 Å². The molecule has 0 saturated heterocycles. The van der Waals surface area contributed by atoms with Crippen molar-refractivity contribution in [1.82, 2.24) is 14.5 Å². The van der Waals surface area contributed by atoms with Gasteiger partial charge in [-0.25, -0.2) is 9.97 Å². The van der Waals surface area contributed by atoms with Crippen LogP contribution in [-0.2, 0) is 0 Å². The molecule has 3 heterocycles. The second-order valence-electron chi connectivity index (χ2n) is 14.2. The number of thiophene rings is 1. The molecule has 262 valence electrons. The standard InChI is InChI=1S/C52H33N3S/c1-3-12-36(13-4-1)46-33-47(37-14-5-2-6-15-37)54-52(53-46)38-24-22-34(23-25-38)39-28-31-43-42-16-7-9-20-48(42)55(49(43)32-39)40-29-26-35(27-30-40)41-18-11-19-45-44-17-8-10-21-50(44)56-51(41)45/h1-33H. The molecular weight excluding hydrogens is 699 g/mol. The fourth-order valence-corrected chi connectivity index (χ4v) is 9.33. The normalized spacial score (nSPS) is 11.6. The van der Waals surface area contributed by atoms with Crippen LogP contribution in [0.5, 0.6) is 0 Å². The molecule has 4 heteroatoms. The van der Waals surface area contributed by atoms with E-state index in [2.05, 4.69) is 168 Å². The molecule has 0 unspecified atom stereocenters. The summed E-state index contributed by atoms with van der Waals surface area (Å²) in [6.07, 6.45) is 0. The molecule has 0 bridgehead atoms.